The molecule has 2 heterocycles. The predicted molar refractivity (Wildman–Crippen MR) is 76.1 cm³/mol. The van der Waals surface area contributed by atoms with Crippen LogP contribution in [0.15, 0.2) is 30.5 Å². The zero-order valence-corrected chi connectivity index (χ0v) is 11.4. The second-order valence-electron chi connectivity index (χ2n) is 5.57. The number of imidazole rings is 1. The molecule has 0 amide bonds. The highest BCUT2D eigenvalue weighted by molar-refractivity contribution is 6.02. The second-order valence-corrected chi connectivity index (χ2v) is 5.57. The maximum atomic E-state index is 10.1. The van der Waals surface area contributed by atoms with E-state index in [1.54, 1.807) is 6.20 Å². The van der Waals surface area contributed by atoms with E-state index in [-0.39, 0.29) is 0 Å². The quantitative estimate of drug-likeness (QED) is 0.766. The Hall–Kier alpha value is -1.94. The van der Waals surface area contributed by atoms with Crippen molar-refractivity contribution < 1.29 is 5.11 Å². The molecule has 0 aliphatic carbocycles. The van der Waals surface area contributed by atoms with E-state index in [1.807, 2.05) is 45.0 Å². The Bertz CT molecular complexity index is 753. The molecule has 0 radical (unpaired) electrons. The van der Waals surface area contributed by atoms with Crippen LogP contribution in [0.2, 0.25) is 0 Å². The third-order valence-corrected chi connectivity index (χ3v) is 3.22. The number of fused-ring (bicyclic) bond motifs is 3. The van der Waals surface area contributed by atoms with Gasteiger partial charge in [0.15, 0.2) is 0 Å². The number of pyridine rings is 1. The summed E-state index contributed by atoms with van der Waals surface area (Å²) in [5.74, 6) is 0.898. The third kappa shape index (κ3) is 2.08. The van der Waals surface area contributed by atoms with E-state index in [4.69, 9.17) is 0 Å². The zero-order chi connectivity index (χ0) is 13.6. The number of para-hydroxylation sites is 1. The van der Waals surface area contributed by atoms with Gasteiger partial charge in [-0.25, -0.2) is 4.98 Å². The first-order chi connectivity index (χ1) is 8.96. The van der Waals surface area contributed by atoms with E-state index in [9.17, 15) is 5.11 Å². The SMILES string of the molecule is Cc1nc2cnc3ccccc3c2n1CC(C)(C)O. The minimum absolute atomic E-state index is 0.517. The van der Waals surface area contributed by atoms with E-state index in [0.29, 0.717) is 6.54 Å². The summed E-state index contributed by atoms with van der Waals surface area (Å²) in [5.41, 5.74) is 2.10. The first-order valence-electron chi connectivity index (χ1n) is 6.39. The Labute approximate surface area is 111 Å². The molecule has 0 bridgehead atoms. The molecule has 4 heteroatoms. The summed E-state index contributed by atoms with van der Waals surface area (Å²) >= 11 is 0. The van der Waals surface area contributed by atoms with Gasteiger partial charge in [0.05, 0.1) is 29.4 Å². The molecule has 3 rings (SSSR count). The van der Waals surface area contributed by atoms with Crippen molar-refractivity contribution in [1.82, 2.24) is 14.5 Å². The van der Waals surface area contributed by atoms with E-state index < -0.39 is 5.60 Å². The van der Waals surface area contributed by atoms with Gasteiger partial charge < -0.3 is 9.67 Å². The normalized spacial score (nSPS) is 12.4. The molecule has 0 saturated heterocycles. The Morgan fingerprint density at radius 2 is 1.95 bits per heavy atom. The van der Waals surface area contributed by atoms with Gasteiger partial charge >= 0.3 is 0 Å². The number of aryl methyl sites for hydroxylation is 1. The summed E-state index contributed by atoms with van der Waals surface area (Å²) < 4.78 is 2.07. The summed E-state index contributed by atoms with van der Waals surface area (Å²) in [7, 11) is 0. The van der Waals surface area contributed by atoms with Crippen LogP contribution in [-0.4, -0.2) is 25.2 Å². The van der Waals surface area contributed by atoms with Gasteiger partial charge in [0.2, 0.25) is 0 Å². The molecule has 4 nitrogen and oxygen atoms in total. The highest BCUT2D eigenvalue weighted by Crippen LogP contribution is 2.25. The Balaban J connectivity index is 2.37. The van der Waals surface area contributed by atoms with Crippen molar-refractivity contribution in [3.63, 3.8) is 0 Å². The summed E-state index contributed by atoms with van der Waals surface area (Å²) in [6.45, 7) is 6.09. The summed E-state index contributed by atoms with van der Waals surface area (Å²) in [6, 6.07) is 8.02. The van der Waals surface area contributed by atoms with Crippen LogP contribution >= 0.6 is 0 Å². The van der Waals surface area contributed by atoms with Crippen LogP contribution in [0.5, 0.6) is 0 Å². The third-order valence-electron chi connectivity index (χ3n) is 3.22. The van der Waals surface area contributed by atoms with Gasteiger partial charge in [-0.2, -0.15) is 0 Å². The first-order valence-corrected chi connectivity index (χ1v) is 6.39. The molecule has 0 atom stereocenters. The maximum Gasteiger partial charge on any atom is 0.108 e. The fourth-order valence-corrected chi connectivity index (χ4v) is 2.46. The minimum Gasteiger partial charge on any atom is -0.389 e. The van der Waals surface area contributed by atoms with Crippen LogP contribution in [0.25, 0.3) is 21.9 Å². The van der Waals surface area contributed by atoms with Crippen molar-refractivity contribution in [2.45, 2.75) is 32.9 Å². The van der Waals surface area contributed by atoms with Crippen molar-refractivity contribution in [1.29, 1.82) is 0 Å². The largest absolute Gasteiger partial charge is 0.389 e. The van der Waals surface area contributed by atoms with Gasteiger partial charge in [-0.15, -0.1) is 0 Å². The van der Waals surface area contributed by atoms with Gasteiger partial charge in [-0.05, 0) is 26.8 Å². The first kappa shape index (κ1) is 12.1. The number of benzene rings is 1. The van der Waals surface area contributed by atoms with Crippen molar-refractivity contribution >= 4 is 21.9 Å². The van der Waals surface area contributed by atoms with Crippen LogP contribution < -0.4 is 0 Å². The predicted octanol–water partition coefficient (Wildman–Crippen LogP) is 2.66. The Morgan fingerprint density at radius 1 is 1.21 bits per heavy atom. The van der Waals surface area contributed by atoms with Crippen LogP contribution in [0.4, 0.5) is 0 Å². The molecule has 0 fully saturated rings. The number of aromatic nitrogens is 3. The van der Waals surface area contributed by atoms with Crippen LogP contribution in [0.3, 0.4) is 0 Å². The topological polar surface area (TPSA) is 50.9 Å². The Kier molecular flexibility index (Phi) is 2.57. The number of hydrogen-bond donors (Lipinski definition) is 1. The van der Waals surface area contributed by atoms with Gasteiger partial charge in [-0.1, -0.05) is 18.2 Å². The molecule has 0 saturated carbocycles. The lowest BCUT2D eigenvalue weighted by molar-refractivity contribution is 0.0621. The fraction of sp³-hybridized carbons (Fsp3) is 0.333. The van der Waals surface area contributed by atoms with Crippen molar-refractivity contribution in [2.24, 2.45) is 0 Å². The molecule has 2 aromatic heterocycles. The number of aliphatic hydroxyl groups is 1. The van der Waals surface area contributed by atoms with E-state index in [0.717, 1.165) is 27.8 Å². The van der Waals surface area contributed by atoms with E-state index in [1.165, 1.54) is 0 Å². The monoisotopic (exact) mass is 255 g/mol. The standard InChI is InChI=1S/C15H17N3O/c1-10-17-13-8-16-12-7-5-4-6-11(12)14(13)18(10)9-15(2,3)19/h4-8,19H,9H2,1-3H3. The minimum atomic E-state index is -0.775. The fourth-order valence-electron chi connectivity index (χ4n) is 2.46. The number of nitrogens with zero attached hydrogens (tertiary/aromatic N) is 3. The second kappa shape index (κ2) is 4.03. The molecule has 19 heavy (non-hydrogen) atoms. The maximum absolute atomic E-state index is 10.1. The summed E-state index contributed by atoms with van der Waals surface area (Å²) in [4.78, 5) is 8.96. The number of rotatable bonds is 2. The summed E-state index contributed by atoms with van der Waals surface area (Å²) in [6.07, 6.45) is 1.80. The average molecular weight is 255 g/mol. The molecule has 98 valence electrons. The summed E-state index contributed by atoms with van der Waals surface area (Å²) in [5, 5.41) is 11.2. The zero-order valence-electron chi connectivity index (χ0n) is 11.4. The lowest BCUT2D eigenvalue weighted by Crippen LogP contribution is -2.26. The van der Waals surface area contributed by atoms with Crippen LogP contribution in [0, 0.1) is 6.92 Å². The molecule has 3 aromatic rings. The van der Waals surface area contributed by atoms with Gasteiger partial charge in [0.1, 0.15) is 11.3 Å². The molecular weight excluding hydrogens is 238 g/mol. The van der Waals surface area contributed by atoms with Crippen LogP contribution in [0.1, 0.15) is 19.7 Å². The van der Waals surface area contributed by atoms with Gasteiger partial charge in [-0.3, -0.25) is 4.98 Å². The lowest BCUT2D eigenvalue weighted by Gasteiger charge is -2.19. The average Bonchev–Trinajstić information content (AvgIpc) is 2.64. The van der Waals surface area contributed by atoms with Crippen molar-refractivity contribution in [3.05, 3.63) is 36.3 Å². The van der Waals surface area contributed by atoms with Crippen molar-refractivity contribution in [3.8, 4) is 0 Å². The van der Waals surface area contributed by atoms with E-state index in [2.05, 4.69) is 14.5 Å². The molecular formula is C15H17N3O. The molecule has 1 N–H and O–H groups in total. The van der Waals surface area contributed by atoms with Crippen molar-refractivity contribution in [2.75, 3.05) is 0 Å². The molecule has 1 aromatic carbocycles. The highest BCUT2D eigenvalue weighted by Gasteiger charge is 2.18. The lowest BCUT2D eigenvalue weighted by atomic mass is 10.1. The molecule has 0 spiro atoms. The van der Waals surface area contributed by atoms with E-state index >= 15 is 0 Å². The smallest absolute Gasteiger partial charge is 0.108 e. The molecule has 0 aliphatic rings. The van der Waals surface area contributed by atoms with Gasteiger partial charge in [0, 0.05) is 5.39 Å². The molecule has 0 aliphatic heterocycles. The van der Waals surface area contributed by atoms with Crippen LogP contribution in [-0.2, 0) is 6.54 Å². The van der Waals surface area contributed by atoms with Gasteiger partial charge in [0.25, 0.3) is 0 Å². The molecule has 0 unspecified atom stereocenters. The Morgan fingerprint density at radius 3 is 2.68 bits per heavy atom. The number of hydrogen-bond acceptors (Lipinski definition) is 3. The highest BCUT2D eigenvalue weighted by atomic mass is 16.3.